The Balaban J connectivity index is 2.77. The van der Waals surface area contributed by atoms with E-state index in [9.17, 15) is 18.0 Å². The highest BCUT2D eigenvalue weighted by molar-refractivity contribution is 8.00. The maximum absolute atomic E-state index is 12.5. The fraction of sp³-hybridized carbons (Fsp3) is 0.500. The number of carbonyl (C=O) groups excluding carboxylic acids is 1. The van der Waals surface area contributed by atoms with Crippen molar-refractivity contribution >= 4 is 23.4 Å². The van der Waals surface area contributed by atoms with Crippen LogP contribution in [-0.4, -0.2) is 17.2 Å². The maximum atomic E-state index is 12.5. The molecule has 118 valence electrons. The van der Waals surface area contributed by atoms with Gasteiger partial charge in [0.1, 0.15) is 0 Å². The summed E-state index contributed by atoms with van der Waals surface area (Å²) < 4.78 is 37.6. The molecule has 0 aliphatic carbocycles. The van der Waals surface area contributed by atoms with Crippen molar-refractivity contribution in [1.29, 1.82) is 0 Å². The zero-order valence-corrected chi connectivity index (χ0v) is 12.9. The Morgan fingerprint density at radius 3 is 2.48 bits per heavy atom. The fourth-order valence-electron chi connectivity index (χ4n) is 1.54. The standard InChI is InChI=1S/C14H19F3N2OS/c1-4-8(2)19-13(20)9(3)21-12-6-5-10(7-11(12)18)14(15,16)17/h5-9H,4,18H2,1-3H3,(H,19,20). The molecule has 1 amide bonds. The van der Waals surface area contributed by atoms with Crippen molar-refractivity contribution in [2.24, 2.45) is 0 Å². The summed E-state index contributed by atoms with van der Waals surface area (Å²) in [4.78, 5) is 12.4. The van der Waals surface area contributed by atoms with Crippen LogP contribution in [0.15, 0.2) is 23.1 Å². The van der Waals surface area contributed by atoms with Gasteiger partial charge in [-0.15, -0.1) is 11.8 Å². The van der Waals surface area contributed by atoms with Crippen molar-refractivity contribution < 1.29 is 18.0 Å². The largest absolute Gasteiger partial charge is 0.416 e. The molecular formula is C14H19F3N2OS. The molecule has 0 saturated carbocycles. The van der Waals surface area contributed by atoms with Gasteiger partial charge >= 0.3 is 6.18 Å². The molecule has 1 aromatic carbocycles. The molecule has 2 atom stereocenters. The summed E-state index contributed by atoms with van der Waals surface area (Å²) >= 11 is 1.15. The number of hydrogen-bond donors (Lipinski definition) is 2. The Labute approximate surface area is 126 Å². The molecule has 0 bridgehead atoms. The van der Waals surface area contributed by atoms with Crippen LogP contribution < -0.4 is 11.1 Å². The highest BCUT2D eigenvalue weighted by atomic mass is 32.2. The monoisotopic (exact) mass is 320 g/mol. The second-order valence-corrected chi connectivity index (χ2v) is 6.21. The van der Waals surface area contributed by atoms with Crippen LogP contribution in [0.1, 0.15) is 32.8 Å². The molecule has 0 aromatic heterocycles. The van der Waals surface area contributed by atoms with Crippen molar-refractivity contribution in [3.63, 3.8) is 0 Å². The van der Waals surface area contributed by atoms with E-state index in [2.05, 4.69) is 5.32 Å². The fourth-order valence-corrected chi connectivity index (χ4v) is 2.44. The van der Waals surface area contributed by atoms with E-state index in [1.54, 1.807) is 6.92 Å². The molecule has 0 heterocycles. The molecule has 3 nitrogen and oxygen atoms in total. The number of amides is 1. The highest BCUT2D eigenvalue weighted by Crippen LogP contribution is 2.35. The van der Waals surface area contributed by atoms with Crippen LogP contribution in [0.2, 0.25) is 0 Å². The van der Waals surface area contributed by atoms with E-state index in [4.69, 9.17) is 5.73 Å². The lowest BCUT2D eigenvalue weighted by molar-refractivity contribution is -0.137. The molecule has 0 aliphatic rings. The summed E-state index contributed by atoms with van der Waals surface area (Å²) in [5.74, 6) is -0.159. The Kier molecular flexibility index (Phi) is 5.95. The van der Waals surface area contributed by atoms with Crippen LogP contribution in [-0.2, 0) is 11.0 Å². The Bertz CT molecular complexity index is 505. The van der Waals surface area contributed by atoms with E-state index >= 15 is 0 Å². The summed E-state index contributed by atoms with van der Waals surface area (Å²) in [5.41, 5.74) is 4.88. The molecule has 2 unspecified atom stereocenters. The number of anilines is 1. The van der Waals surface area contributed by atoms with Gasteiger partial charge in [0.2, 0.25) is 5.91 Å². The van der Waals surface area contributed by atoms with Crippen LogP contribution in [0, 0.1) is 0 Å². The van der Waals surface area contributed by atoms with Crippen LogP contribution >= 0.6 is 11.8 Å². The number of halogens is 3. The number of hydrogen-bond acceptors (Lipinski definition) is 3. The minimum absolute atomic E-state index is 0.0259. The van der Waals surface area contributed by atoms with Gasteiger partial charge in [-0.2, -0.15) is 13.2 Å². The topological polar surface area (TPSA) is 55.1 Å². The number of rotatable bonds is 5. The number of nitrogens with one attached hydrogen (secondary N) is 1. The Morgan fingerprint density at radius 2 is 2.00 bits per heavy atom. The SMILES string of the molecule is CCC(C)NC(=O)C(C)Sc1ccc(C(F)(F)F)cc1N. The molecule has 0 radical (unpaired) electrons. The third-order valence-electron chi connectivity index (χ3n) is 3.01. The summed E-state index contributed by atoms with van der Waals surface area (Å²) in [6.07, 6.45) is -3.61. The number of carbonyl (C=O) groups is 1. The first kappa shape index (κ1) is 17.7. The van der Waals surface area contributed by atoms with Gasteiger partial charge in [0.25, 0.3) is 0 Å². The number of alkyl halides is 3. The second kappa shape index (κ2) is 7.06. The minimum Gasteiger partial charge on any atom is -0.398 e. The molecule has 1 rings (SSSR count). The van der Waals surface area contributed by atoms with Crippen molar-refractivity contribution in [2.75, 3.05) is 5.73 Å². The van der Waals surface area contributed by atoms with Gasteiger partial charge in [-0.05, 0) is 38.5 Å². The average molecular weight is 320 g/mol. The second-order valence-electron chi connectivity index (χ2n) is 4.83. The molecular weight excluding hydrogens is 301 g/mol. The Morgan fingerprint density at radius 1 is 1.38 bits per heavy atom. The van der Waals surface area contributed by atoms with Crippen LogP contribution in [0.4, 0.5) is 18.9 Å². The van der Waals surface area contributed by atoms with Crippen molar-refractivity contribution in [3.8, 4) is 0 Å². The van der Waals surface area contributed by atoms with Gasteiger partial charge in [0.05, 0.1) is 10.8 Å². The lowest BCUT2D eigenvalue weighted by Crippen LogP contribution is -2.37. The van der Waals surface area contributed by atoms with E-state index in [1.165, 1.54) is 6.07 Å². The number of thioether (sulfide) groups is 1. The van der Waals surface area contributed by atoms with Gasteiger partial charge in [-0.1, -0.05) is 6.92 Å². The summed E-state index contributed by atoms with van der Waals surface area (Å²) in [6.45, 7) is 5.54. The quantitative estimate of drug-likeness (QED) is 0.643. The third-order valence-corrected chi connectivity index (χ3v) is 4.20. The van der Waals surface area contributed by atoms with E-state index in [0.717, 1.165) is 30.3 Å². The van der Waals surface area contributed by atoms with Crippen molar-refractivity contribution in [3.05, 3.63) is 23.8 Å². The smallest absolute Gasteiger partial charge is 0.398 e. The molecule has 1 aromatic rings. The van der Waals surface area contributed by atoms with Crippen LogP contribution in [0.3, 0.4) is 0 Å². The molecule has 0 aliphatic heterocycles. The number of nitrogen functional groups attached to an aromatic ring is 1. The summed E-state index contributed by atoms with van der Waals surface area (Å²) in [6, 6.07) is 3.22. The molecule has 21 heavy (non-hydrogen) atoms. The van der Waals surface area contributed by atoms with E-state index in [1.807, 2.05) is 13.8 Å². The molecule has 7 heteroatoms. The predicted molar refractivity (Wildman–Crippen MR) is 79.1 cm³/mol. The van der Waals surface area contributed by atoms with Gasteiger partial charge in [0, 0.05) is 16.6 Å². The first-order valence-electron chi connectivity index (χ1n) is 6.59. The summed E-state index contributed by atoms with van der Waals surface area (Å²) in [5, 5.41) is 2.39. The van der Waals surface area contributed by atoms with E-state index in [-0.39, 0.29) is 17.6 Å². The molecule has 0 spiro atoms. The van der Waals surface area contributed by atoms with Gasteiger partial charge in [-0.3, -0.25) is 4.79 Å². The van der Waals surface area contributed by atoms with Gasteiger partial charge in [-0.25, -0.2) is 0 Å². The minimum atomic E-state index is -4.42. The van der Waals surface area contributed by atoms with Crippen LogP contribution in [0.25, 0.3) is 0 Å². The zero-order chi connectivity index (χ0) is 16.2. The molecule has 0 saturated heterocycles. The lowest BCUT2D eigenvalue weighted by atomic mass is 10.2. The Hall–Kier alpha value is -1.37. The normalized spacial score (nSPS) is 14.6. The first-order valence-corrected chi connectivity index (χ1v) is 7.46. The summed E-state index contributed by atoms with van der Waals surface area (Å²) in [7, 11) is 0. The molecule has 3 N–H and O–H groups in total. The average Bonchev–Trinajstić information content (AvgIpc) is 2.39. The van der Waals surface area contributed by atoms with Gasteiger partial charge in [0.15, 0.2) is 0 Å². The first-order chi connectivity index (χ1) is 9.65. The molecule has 0 fully saturated rings. The maximum Gasteiger partial charge on any atom is 0.416 e. The van der Waals surface area contributed by atoms with Crippen molar-refractivity contribution in [1.82, 2.24) is 5.32 Å². The zero-order valence-electron chi connectivity index (χ0n) is 12.1. The highest BCUT2D eigenvalue weighted by Gasteiger charge is 2.31. The van der Waals surface area contributed by atoms with Crippen molar-refractivity contribution in [2.45, 2.75) is 49.6 Å². The van der Waals surface area contributed by atoms with E-state index in [0.29, 0.717) is 4.90 Å². The predicted octanol–water partition coefficient (Wildman–Crippen LogP) is 3.68. The number of benzene rings is 1. The van der Waals surface area contributed by atoms with E-state index < -0.39 is 17.0 Å². The third kappa shape index (κ3) is 5.15. The van der Waals surface area contributed by atoms with Gasteiger partial charge < -0.3 is 11.1 Å². The van der Waals surface area contributed by atoms with Crippen LogP contribution in [0.5, 0.6) is 0 Å². The number of nitrogens with two attached hydrogens (primary N) is 1. The lowest BCUT2D eigenvalue weighted by Gasteiger charge is -2.17.